The van der Waals surface area contributed by atoms with Crippen LogP contribution >= 0.6 is 0 Å². The van der Waals surface area contributed by atoms with E-state index >= 15 is 0 Å². The molecule has 3 aromatic rings. The van der Waals surface area contributed by atoms with E-state index in [0.29, 0.717) is 5.75 Å². The lowest BCUT2D eigenvalue weighted by molar-refractivity contribution is -0.128. The van der Waals surface area contributed by atoms with Crippen LogP contribution in [-0.2, 0) is 11.2 Å². The molecule has 0 aliphatic carbocycles. The van der Waals surface area contributed by atoms with Gasteiger partial charge >= 0.3 is 0 Å². The summed E-state index contributed by atoms with van der Waals surface area (Å²) in [5.41, 5.74) is 0.848. The van der Waals surface area contributed by atoms with Crippen LogP contribution in [0.1, 0.15) is 26.3 Å². The van der Waals surface area contributed by atoms with Gasteiger partial charge in [0.05, 0.1) is 0 Å². The summed E-state index contributed by atoms with van der Waals surface area (Å²) in [6.45, 7) is 5.84. The Morgan fingerprint density at radius 3 is 2.35 bits per heavy atom. The van der Waals surface area contributed by atoms with E-state index in [9.17, 15) is 4.79 Å². The van der Waals surface area contributed by atoms with Crippen molar-refractivity contribution in [3.05, 3.63) is 78.4 Å². The zero-order valence-corrected chi connectivity index (χ0v) is 15.5. The second-order valence-electron chi connectivity index (χ2n) is 7.30. The Hall–Kier alpha value is -2.81. The number of hydrogen-bond donors (Lipinski definition) is 1. The second kappa shape index (κ2) is 7.61. The maximum absolute atomic E-state index is 12.6. The average Bonchev–Trinajstić information content (AvgIpc) is 2.61. The third-order valence-corrected chi connectivity index (χ3v) is 4.35. The van der Waals surface area contributed by atoms with E-state index in [0.717, 1.165) is 17.2 Å². The summed E-state index contributed by atoms with van der Waals surface area (Å²) in [6.07, 6.45) is 0.202. The van der Waals surface area contributed by atoms with E-state index in [-0.39, 0.29) is 11.4 Å². The number of hydrogen-bond acceptors (Lipinski definition) is 2. The SMILES string of the molecule is C[C@@H](Oc1ccc2ccccc2c1)C(=O)NC(C)(C)Cc1ccccc1. The highest BCUT2D eigenvalue weighted by molar-refractivity contribution is 5.84. The molecule has 3 nitrogen and oxygen atoms in total. The van der Waals surface area contributed by atoms with Gasteiger partial charge in [0.15, 0.2) is 6.10 Å². The Bertz CT molecular complexity index is 887. The van der Waals surface area contributed by atoms with Gasteiger partial charge in [-0.2, -0.15) is 0 Å². The van der Waals surface area contributed by atoms with Crippen molar-refractivity contribution in [3.8, 4) is 5.75 Å². The third-order valence-electron chi connectivity index (χ3n) is 4.35. The molecule has 0 heterocycles. The molecule has 0 aliphatic rings. The minimum atomic E-state index is -0.564. The monoisotopic (exact) mass is 347 g/mol. The quantitative estimate of drug-likeness (QED) is 0.699. The largest absolute Gasteiger partial charge is 0.481 e. The zero-order valence-electron chi connectivity index (χ0n) is 15.5. The fourth-order valence-corrected chi connectivity index (χ4v) is 3.08. The van der Waals surface area contributed by atoms with Crippen LogP contribution in [0.4, 0.5) is 0 Å². The lowest BCUT2D eigenvalue weighted by Crippen LogP contribution is -2.49. The third kappa shape index (κ3) is 4.63. The highest BCUT2D eigenvalue weighted by Crippen LogP contribution is 2.21. The summed E-state index contributed by atoms with van der Waals surface area (Å²) in [7, 11) is 0. The molecule has 0 bridgehead atoms. The Labute approximate surface area is 155 Å². The van der Waals surface area contributed by atoms with E-state index in [2.05, 4.69) is 23.5 Å². The lowest BCUT2D eigenvalue weighted by Gasteiger charge is -2.28. The van der Waals surface area contributed by atoms with Crippen molar-refractivity contribution in [2.45, 2.75) is 38.8 Å². The van der Waals surface area contributed by atoms with Gasteiger partial charge in [-0.3, -0.25) is 4.79 Å². The van der Waals surface area contributed by atoms with Crippen LogP contribution in [0.15, 0.2) is 72.8 Å². The number of nitrogens with one attached hydrogen (secondary N) is 1. The summed E-state index contributed by atoms with van der Waals surface area (Å²) >= 11 is 0. The molecule has 1 atom stereocenters. The summed E-state index contributed by atoms with van der Waals surface area (Å²) in [4.78, 5) is 12.6. The van der Waals surface area contributed by atoms with Crippen molar-refractivity contribution in [3.63, 3.8) is 0 Å². The van der Waals surface area contributed by atoms with Crippen LogP contribution in [0.25, 0.3) is 10.8 Å². The van der Waals surface area contributed by atoms with Gasteiger partial charge in [0.2, 0.25) is 0 Å². The molecule has 0 radical (unpaired) electrons. The van der Waals surface area contributed by atoms with E-state index in [4.69, 9.17) is 4.74 Å². The second-order valence-corrected chi connectivity index (χ2v) is 7.30. The topological polar surface area (TPSA) is 38.3 Å². The van der Waals surface area contributed by atoms with Gasteiger partial charge in [0.1, 0.15) is 5.75 Å². The first-order valence-electron chi connectivity index (χ1n) is 8.94. The van der Waals surface area contributed by atoms with Gasteiger partial charge in [0.25, 0.3) is 5.91 Å². The predicted molar refractivity (Wildman–Crippen MR) is 106 cm³/mol. The number of carbonyl (C=O) groups excluding carboxylic acids is 1. The predicted octanol–water partition coefficient (Wildman–Crippen LogP) is 4.74. The molecule has 1 N–H and O–H groups in total. The molecule has 26 heavy (non-hydrogen) atoms. The van der Waals surface area contributed by atoms with Crippen LogP contribution in [0.2, 0.25) is 0 Å². The molecule has 134 valence electrons. The van der Waals surface area contributed by atoms with Crippen LogP contribution in [0.5, 0.6) is 5.75 Å². The standard InChI is InChI=1S/C23H25NO2/c1-17(26-21-14-13-19-11-7-8-12-20(19)15-21)22(25)24-23(2,3)16-18-9-5-4-6-10-18/h4-15,17H,16H2,1-3H3,(H,24,25)/t17-/m1/s1. The smallest absolute Gasteiger partial charge is 0.261 e. The van der Waals surface area contributed by atoms with Crippen LogP contribution in [0.3, 0.4) is 0 Å². The first-order chi connectivity index (χ1) is 12.4. The van der Waals surface area contributed by atoms with Gasteiger partial charge in [-0.15, -0.1) is 0 Å². The number of rotatable bonds is 6. The molecule has 3 rings (SSSR count). The van der Waals surface area contributed by atoms with Crippen molar-refractivity contribution >= 4 is 16.7 Å². The Kier molecular flexibility index (Phi) is 5.27. The van der Waals surface area contributed by atoms with Crippen molar-refractivity contribution < 1.29 is 9.53 Å². The highest BCUT2D eigenvalue weighted by Gasteiger charge is 2.25. The number of benzene rings is 3. The fourth-order valence-electron chi connectivity index (χ4n) is 3.08. The maximum atomic E-state index is 12.6. The molecule has 0 unspecified atom stereocenters. The van der Waals surface area contributed by atoms with Crippen molar-refractivity contribution in [1.29, 1.82) is 0 Å². The number of carbonyl (C=O) groups is 1. The molecule has 0 saturated carbocycles. The van der Waals surface area contributed by atoms with E-state index < -0.39 is 6.10 Å². The zero-order chi connectivity index (χ0) is 18.6. The van der Waals surface area contributed by atoms with Gasteiger partial charge in [-0.05, 0) is 55.7 Å². The fraction of sp³-hybridized carbons (Fsp3) is 0.261. The molecule has 0 fully saturated rings. The van der Waals surface area contributed by atoms with E-state index in [1.807, 2.05) is 68.4 Å². The van der Waals surface area contributed by atoms with Gasteiger partial charge in [-0.25, -0.2) is 0 Å². The molecule has 0 aromatic heterocycles. The number of fused-ring (bicyclic) bond motifs is 1. The first-order valence-corrected chi connectivity index (χ1v) is 8.94. The molecule has 0 saturated heterocycles. The Morgan fingerprint density at radius 2 is 1.62 bits per heavy atom. The molecule has 0 aliphatic heterocycles. The molecular weight excluding hydrogens is 322 g/mol. The molecule has 1 amide bonds. The summed E-state index contributed by atoms with van der Waals surface area (Å²) in [5.74, 6) is 0.589. The molecule has 3 aromatic carbocycles. The van der Waals surface area contributed by atoms with E-state index in [1.165, 1.54) is 5.56 Å². The van der Waals surface area contributed by atoms with Crippen LogP contribution in [0, 0.1) is 0 Å². The van der Waals surface area contributed by atoms with Crippen molar-refractivity contribution in [1.82, 2.24) is 5.32 Å². The molecular formula is C23H25NO2. The van der Waals surface area contributed by atoms with Crippen molar-refractivity contribution in [2.75, 3.05) is 0 Å². The minimum absolute atomic E-state index is 0.112. The van der Waals surface area contributed by atoms with Crippen LogP contribution < -0.4 is 10.1 Å². The van der Waals surface area contributed by atoms with Crippen LogP contribution in [-0.4, -0.2) is 17.6 Å². The average molecular weight is 347 g/mol. The molecule has 0 spiro atoms. The summed E-state index contributed by atoms with van der Waals surface area (Å²) in [5, 5.41) is 5.35. The lowest BCUT2D eigenvalue weighted by atomic mass is 9.94. The van der Waals surface area contributed by atoms with Gasteiger partial charge < -0.3 is 10.1 Å². The first kappa shape index (κ1) is 18.0. The van der Waals surface area contributed by atoms with Gasteiger partial charge in [0, 0.05) is 5.54 Å². The molecule has 3 heteroatoms. The summed E-state index contributed by atoms with van der Waals surface area (Å²) < 4.78 is 5.87. The minimum Gasteiger partial charge on any atom is -0.481 e. The van der Waals surface area contributed by atoms with Gasteiger partial charge in [-0.1, -0.05) is 60.7 Å². The Morgan fingerprint density at radius 1 is 0.962 bits per heavy atom. The number of amides is 1. The van der Waals surface area contributed by atoms with E-state index in [1.54, 1.807) is 6.92 Å². The van der Waals surface area contributed by atoms with Crippen molar-refractivity contribution in [2.24, 2.45) is 0 Å². The highest BCUT2D eigenvalue weighted by atomic mass is 16.5. The number of ether oxygens (including phenoxy) is 1. The maximum Gasteiger partial charge on any atom is 0.261 e. The summed E-state index contributed by atoms with van der Waals surface area (Å²) in [6, 6.07) is 24.1. The normalized spacial score (nSPS) is 12.6. The Balaban J connectivity index is 1.63.